The molecule has 0 amide bonds. The molecule has 0 bridgehead atoms. The lowest BCUT2D eigenvalue weighted by Crippen LogP contribution is -3.13. The van der Waals surface area contributed by atoms with Crippen molar-refractivity contribution < 1.29 is 14.7 Å². The molecule has 0 aliphatic heterocycles. The Hall–Kier alpha value is -1.88. The third-order valence-electron chi connectivity index (χ3n) is 5.13. The molecule has 1 fully saturated rings. The SMILES string of the molecule is C=CCOC[C@@H](O)C[NH+](Cc1cccn1Cc1ccccc1C)C1CC1. The van der Waals surface area contributed by atoms with Crippen LogP contribution in [0.3, 0.4) is 0 Å². The number of aromatic nitrogens is 1. The molecule has 2 aromatic rings. The van der Waals surface area contributed by atoms with Crippen LogP contribution in [0, 0.1) is 6.92 Å². The van der Waals surface area contributed by atoms with Gasteiger partial charge in [-0.2, -0.15) is 0 Å². The molecule has 1 aromatic heterocycles. The minimum absolute atomic E-state index is 0.381. The molecule has 0 spiro atoms. The molecule has 1 unspecified atom stereocenters. The molecule has 1 heterocycles. The maximum atomic E-state index is 10.3. The van der Waals surface area contributed by atoms with Crippen LogP contribution < -0.4 is 4.90 Å². The quantitative estimate of drug-likeness (QED) is 0.478. The molecule has 2 N–H and O–H groups in total. The summed E-state index contributed by atoms with van der Waals surface area (Å²) in [4.78, 5) is 1.46. The van der Waals surface area contributed by atoms with E-state index in [4.69, 9.17) is 4.74 Å². The summed E-state index contributed by atoms with van der Waals surface area (Å²) in [5.74, 6) is 0. The van der Waals surface area contributed by atoms with E-state index < -0.39 is 6.10 Å². The number of aliphatic hydroxyl groups excluding tert-OH is 1. The number of hydrogen-bond acceptors (Lipinski definition) is 2. The molecule has 4 heteroatoms. The number of benzene rings is 1. The first-order chi connectivity index (χ1) is 12.7. The van der Waals surface area contributed by atoms with Crippen molar-refractivity contribution in [2.45, 2.75) is 45.0 Å². The molecule has 0 saturated heterocycles. The number of aryl methyl sites for hydroxylation is 1. The Bertz CT molecular complexity index is 706. The van der Waals surface area contributed by atoms with E-state index in [0.717, 1.165) is 19.6 Å². The molecule has 1 aliphatic rings. The Morgan fingerprint density at radius 1 is 1.31 bits per heavy atom. The van der Waals surface area contributed by atoms with Crippen LogP contribution in [0.2, 0.25) is 0 Å². The largest absolute Gasteiger partial charge is 0.385 e. The number of nitrogens with one attached hydrogen (secondary N) is 1. The van der Waals surface area contributed by atoms with Crippen molar-refractivity contribution in [3.05, 3.63) is 72.1 Å². The first-order valence-electron chi connectivity index (χ1n) is 9.57. The summed E-state index contributed by atoms with van der Waals surface area (Å²) >= 11 is 0. The maximum absolute atomic E-state index is 10.3. The Morgan fingerprint density at radius 2 is 2.12 bits per heavy atom. The van der Waals surface area contributed by atoms with E-state index >= 15 is 0 Å². The Morgan fingerprint density at radius 3 is 2.85 bits per heavy atom. The summed E-state index contributed by atoms with van der Waals surface area (Å²) in [5.41, 5.74) is 4.01. The van der Waals surface area contributed by atoms with Crippen LogP contribution in [-0.2, 0) is 17.8 Å². The van der Waals surface area contributed by atoms with Crippen molar-refractivity contribution in [2.24, 2.45) is 0 Å². The van der Waals surface area contributed by atoms with Crippen molar-refractivity contribution in [1.29, 1.82) is 0 Å². The number of quaternary nitrogens is 1. The van der Waals surface area contributed by atoms with E-state index in [1.807, 2.05) is 0 Å². The van der Waals surface area contributed by atoms with E-state index in [0.29, 0.717) is 19.3 Å². The molecule has 3 rings (SSSR count). The summed E-state index contributed by atoms with van der Waals surface area (Å²) in [5, 5.41) is 10.3. The number of aliphatic hydroxyl groups is 1. The molecule has 1 aromatic carbocycles. The van der Waals surface area contributed by atoms with Crippen LogP contribution in [0.5, 0.6) is 0 Å². The average molecular weight is 356 g/mol. The zero-order chi connectivity index (χ0) is 18.4. The van der Waals surface area contributed by atoms with Crippen LogP contribution in [-0.4, -0.2) is 41.6 Å². The molecule has 4 nitrogen and oxygen atoms in total. The van der Waals surface area contributed by atoms with Gasteiger partial charge in [0.25, 0.3) is 0 Å². The lowest BCUT2D eigenvalue weighted by Gasteiger charge is -2.23. The van der Waals surface area contributed by atoms with Gasteiger partial charge in [-0.25, -0.2) is 0 Å². The second kappa shape index (κ2) is 9.17. The van der Waals surface area contributed by atoms with Gasteiger partial charge >= 0.3 is 0 Å². The second-order valence-electron chi connectivity index (χ2n) is 7.35. The standard InChI is InChI=1S/C22H30N2O2/c1-3-13-26-17-22(25)16-24(20-10-11-20)15-21-9-6-12-23(21)14-19-8-5-4-7-18(19)2/h3-9,12,20,22,25H,1,10-11,13-17H2,2H3/p+1/t22-/m0/s1. The number of ether oxygens (including phenoxy) is 1. The molecular weight excluding hydrogens is 324 g/mol. The monoisotopic (exact) mass is 355 g/mol. The highest BCUT2D eigenvalue weighted by molar-refractivity contribution is 5.26. The van der Waals surface area contributed by atoms with Crippen LogP contribution in [0.15, 0.2) is 55.3 Å². The van der Waals surface area contributed by atoms with Crippen LogP contribution in [0.4, 0.5) is 0 Å². The fourth-order valence-electron chi connectivity index (χ4n) is 3.49. The van der Waals surface area contributed by atoms with Crippen molar-refractivity contribution in [3.63, 3.8) is 0 Å². The lowest BCUT2D eigenvalue weighted by atomic mass is 10.1. The predicted octanol–water partition coefficient (Wildman–Crippen LogP) is 1.96. The number of rotatable bonds is 11. The molecule has 0 radical (unpaired) electrons. The van der Waals surface area contributed by atoms with E-state index in [1.54, 1.807) is 6.08 Å². The molecule has 2 atom stereocenters. The molecule has 1 saturated carbocycles. The minimum atomic E-state index is -0.426. The minimum Gasteiger partial charge on any atom is -0.385 e. The van der Waals surface area contributed by atoms with Crippen molar-refractivity contribution in [1.82, 2.24) is 4.57 Å². The van der Waals surface area contributed by atoms with E-state index in [2.05, 4.69) is 60.7 Å². The smallest absolute Gasteiger partial charge is 0.126 e. The van der Waals surface area contributed by atoms with E-state index in [9.17, 15) is 5.11 Å². The van der Waals surface area contributed by atoms with Crippen molar-refractivity contribution in [2.75, 3.05) is 19.8 Å². The van der Waals surface area contributed by atoms with Gasteiger partial charge in [-0.15, -0.1) is 6.58 Å². The highest BCUT2D eigenvalue weighted by Crippen LogP contribution is 2.17. The lowest BCUT2D eigenvalue weighted by molar-refractivity contribution is -0.928. The topological polar surface area (TPSA) is 38.8 Å². The summed E-state index contributed by atoms with van der Waals surface area (Å²) in [7, 11) is 0. The third kappa shape index (κ3) is 5.31. The van der Waals surface area contributed by atoms with Crippen LogP contribution in [0.1, 0.15) is 29.7 Å². The summed E-state index contributed by atoms with van der Waals surface area (Å²) in [6.07, 6.45) is 5.97. The summed E-state index contributed by atoms with van der Waals surface area (Å²) in [6.45, 7) is 9.27. The van der Waals surface area contributed by atoms with Gasteiger partial charge in [0.1, 0.15) is 19.2 Å². The molecule has 140 valence electrons. The van der Waals surface area contributed by atoms with Crippen LogP contribution >= 0.6 is 0 Å². The van der Waals surface area contributed by atoms with Gasteiger partial charge in [0.05, 0.1) is 24.9 Å². The van der Waals surface area contributed by atoms with Gasteiger partial charge < -0.3 is 19.3 Å². The summed E-state index contributed by atoms with van der Waals surface area (Å²) < 4.78 is 7.75. The predicted molar refractivity (Wildman–Crippen MR) is 104 cm³/mol. The summed E-state index contributed by atoms with van der Waals surface area (Å²) in [6, 6.07) is 13.6. The van der Waals surface area contributed by atoms with Gasteiger partial charge in [-0.3, -0.25) is 0 Å². The van der Waals surface area contributed by atoms with Gasteiger partial charge in [0, 0.05) is 25.6 Å². The van der Waals surface area contributed by atoms with Crippen LogP contribution in [0.25, 0.3) is 0 Å². The van der Waals surface area contributed by atoms with Gasteiger partial charge in [-0.05, 0) is 30.2 Å². The number of hydrogen-bond donors (Lipinski definition) is 2. The fourth-order valence-corrected chi connectivity index (χ4v) is 3.49. The first kappa shape index (κ1) is 18.9. The maximum Gasteiger partial charge on any atom is 0.126 e. The van der Waals surface area contributed by atoms with Gasteiger partial charge in [0.15, 0.2) is 0 Å². The van der Waals surface area contributed by atoms with E-state index in [-0.39, 0.29) is 0 Å². The Balaban J connectivity index is 1.62. The highest BCUT2D eigenvalue weighted by atomic mass is 16.5. The average Bonchev–Trinajstić information content (AvgIpc) is 3.39. The Kier molecular flexibility index (Phi) is 6.67. The van der Waals surface area contributed by atoms with Gasteiger partial charge in [0.2, 0.25) is 0 Å². The third-order valence-corrected chi connectivity index (χ3v) is 5.13. The highest BCUT2D eigenvalue weighted by Gasteiger charge is 2.35. The zero-order valence-corrected chi connectivity index (χ0v) is 15.7. The Labute approximate surface area is 156 Å². The molecule has 26 heavy (non-hydrogen) atoms. The van der Waals surface area contributed by atoms with E-state index in [1.165, 1.54) is 34.6 Å². The van der Waals surface area contributed by atoms with Crippen molar-refractivity contribution in [3.8, 4) is 0 Å². The first-order valence-corrected chi connectivity index (χ1v) is 9.57. The molecular formula is C22H31N2O2+. The normalized spacial score (nSPS) is 16.4. The second-order valence-corrected chi connectivity index (χ2v) is 7.35. The molecule has 1 aliphatic carbocycles. The van der Waals surface area contributed by atoms with Crippen molar-refractivity contribution >= 4 is 0 Å². The number of nitrogens with zero attached hydrogens (tertiary/aromatic N) is 1. The van der Waals surface area contributed by atoms with Gasteiger partial charge in [-0.1, -0.05) is 30.3 Å². The fraction of sp³-hybridized carbons (Fsp3) is 0.455. The zero-order valence-electron chi connectivity index (χ0n) is 15.7.